The molecule has 1 saturated heterocycles. The summed E-state index contributed by atoms with van der Waals surface area (Å²) >= 11 is 0. The number of nitrogens with one attached hydrogen (secondary N) is 1. The van der Waals surface area contributed by atoms with Crippen LogP contribution in [0, 0.1) is 0 Å². The third-order valence-corrected chi connectivity index (χ3v) is 6.45. The van der Waals surface area contributed by atoms with E-state index in [0.29, 0.717) is 32.0 Å². The van der Waals surface area contributed by atoms with Crippen molar-refractivity contribution in [1.29, 1.82) is 0 Å². The molecule has 9 nitrogen and oxygen atoms in total. The van der Waals surface area contributed by atoms with Crippen LogP contribution in [0.3, 0.4) is 0 Å². The Labute approximate surface area is 170 Å². The van der Waals surface area contributed by atoms with Gasteiger partial charge in [-0.2, -0.15) is 5.10 Å². The van der Waals surface area contributed by atoms with Crippen molar-refractivity contribution >= 4 is 17.7 Å². The van der Waals surface area contributed by atoms with Crippen molar-refractivity contribution in [1.82, 2.24) is 24.9 Å². The van der Waals surface area contributed by atoms with Gasteiger partial charge in [0.25, 0.3) is 11.8 Å². The quantitative estimate of drug-likeness (QED) is 0.799. The Bertz CT molecular complexity index is 810. The van der Waals surface area contributed by atoms with Crippen LogP contribution in [0.2, 0.25) is 0 Å². The molecule has 0 spiro atoms. The number of morpholine rings is 1. The molecule has 1 atom stereocenters. The molecule has 1 N–H and O–H groups in total. The Morgan fingerprint density at radius 1 is 1.21 bits per heavy atom. The van der Waals surface area contributed by atoms with Crippen molar-refractivity contribution in [2.75, 3.05) is 33.4 Å². The Morgan fingerprint density at radius 2 is 1.90 bits per heavy atom. The topological polar surface area (TPSA) is 96.8 Å². The lowest BCUT2D eigenvalue weighted by atomic mass is 9.92. The van der Waals surface area contributed by atoms with E-state index in [9.17, 15) is 14.4 Å². The van der Waals surface area contributed by atoms with Crippen LogP contribution in [-0.4, -0.2) is 82.2 Å². The van der Waals surface area contributed by atoms with E-state index in [2.05, 4.69) is 10.4 Å². The molecule has 1 aromatic heterocycles. The minimum Gasteiger partial charge on any atom is -0.378 e. The fourth-order valence-electron chi connectivity index (χ4n) is 4.35. The normalized spacial score (nSPS) is 25.7. The minimum atomic E-state index is -1.05. The van der Waals surface area contributed by atoms with Gasteiger partial charge in [-0.3, -0.25) is 19.1 Å². The zero-order valence-electron chi connectivity index (χ0n) is 17.1. The molecule has 158 valence electrons. The lowest BCUT2D eigenvalue weighted by Gasteiger charge is -2.41. The largest absolute Gasteiger partial charge is 0.378 e. The molecule has 0 unspecified atom stereocenters. The van der Waals surface area contributed by atoms with E-state index in [1.807, 2.05) is 0 Å². The first-order valence-corrected chi connectivity index (χ1v) is 10.4. The molecular formula is C20H29N5O4. The van der Waals surface area contributed by atoms with Crippen molar-refractivity contribution < 1.29 is 19.1 Å². The zero-order valence-corrected chi connectivity index (χ0v) is 17.1. The van der Waals surface area contributed by atoms with Crippen molar-refractivity contribution in [2.24, 2.45) is 0 Å². The molecule has 0 aromatic carbocycles. The van der Waals surface area contributed by atoms with Gasteiger partial charge in [0.05, 0.1) is 19.8 Å². The summed E-state index contributed by atoms with van der Waals surface area (Å²) in [6.45, 7) is 4.00. The first kappa shape index (κ1) is 19.9. The number of carbonyl (C=O) groups excluding carboxylic acids is 3. The number of hydrogen-bond acceptors (Lipinski definition) is 5. The van der Waals surface area contributed by atoms with E-state index in [-0.39, 0.29) is 36.0 Å². The average Bonchev–Trinajstić information content (AvgIpc) is 3.16. The van der Waals surface area contributed by atoms with E-state index in [0.717, 1.165) is 25.7 Å². The number of rotatable bonds is 3. The zero-order chi connectivity index (χ0) is 20.6. The van der Waals surface area contributed by atoms with Crippen LogP contribution >= 0.6 is 0 Å². The molecule has 0 bridgehead atoms. The van der Waals surface area contributed by atoms with Crippen molar-refractivity contribution in [3.05, 3.63) is 17.5 Å². The number of likely N-dealkylation sites (N-methyl/N-ethyl adjacent to an activating group) is 1. The second-order valence-corrected chi connectivity index (χ2v) is 8.42. The van der Waals surface area contributed by atoms with Gasteiger partial charge in [0.1, 0.15) is 11.2 Å². The summed E-state index contributed by atoms with van der Waals surface area (Å²) < 4.78 is 6.80. The molecule has 9 heteroatoms. The van der Waals surface area contributed by atoms with Gasteiger partial charge in [-0.15, -0.1) is 0 Å². The summed E-state index contributed by atoms with van der Waals surface area (Å²) in [5.41, 5.74) is -0.472. The van der Waals surface area contributed by atoms with E-state index in [1.165, 1.54) is 22.1 Å². The number of carbonyl (C=O) groups is 3. The fraction of sp³-hybridized carbons (Fsp3) is 0.700. The van der Waals surface area contributed by atoms with Crippen LogP contribution in [0.1, 0.15) is 60.0 Å². The first-order chi connectivity index (χ1) is 13.9. The van der Waals surface area contributed by atoms with E-state index in [1.54, 1.807) is 18.9 Å². The van der Waals surface area contributed by atoms with Crippen LogP contribution in [0.25, 0.3) is 0 Å². The van der Waals surface area contributed by atoms with Gasteiger partial charge in [-0.1, -0.05) is 19.3 Å². The van der Waals surface area contributed by atoms with Gasteiger partial charge in [-0.25, -0.2) is 0 Å². The molecule has 1 aromatic rings. The number of amides is 3. The molecule has 4 rings (SSSR count). The van der Waals surface area contributed by atoms with Gasteiger partial charge in [-0.05, 0) is 19.8 Å². The maximum absolute atomic E-state index is 13.1. The number of fused-ring (bicyclic) bond motifs is 1. The summed E-state index contributed by atoms with van der Waals surface area (Å²) in [6.07, 6.45) is 5.40. The molecule has 1 aliphatic carbocycles. The predicted octanol–water partition coefficient (Wildman–Crippen LogP) is 0.649. The van der Waals surface area contributed by atoms with Gasteiger partial charge in [0.15, 0.2) is 5.69 Å². The molecule has 2 aliphatic heterocycles. The second kappa shape index (κ2) is 7.78. The fourth-order valence-corrected chi connectivity index (χ4v) is 4.35. The molecule has 3 aliphatic rings. The van der Waals surface area contributed by atoms with Crippen LogP contribution < -0.4 is 5.32 Å². The van der Waals surface area contributed by atoms with E-state index >= 15 is 0 Å². The van der Waals surface area contributed by atoms with Gasteiger partial charge in [0, 0.05) is 32.2 Å². The molecular weight excluding hydrogens is 374 g/mol. The van der Waals surface area contributed by atoms with Gasteiger partial charge < -0.3 is 19.9 Å². The number of hydrogen-bond donors (Lipinski definition) is 1. The molecule has 3 heterocycles. The number of ether oxygens (including phenoxy) is 1. The molecule has 0 radical (unpaired) electrons. The minimum absolute atomic E-state index is 0.161. The smallest absolute Gasteiger partial charge is 0.274 e. The lowest BCUT2D eigenvalue weighted by Crippen LogP contribution is -2.63. The Balaban J connectivity index is 1.54. The first-order valence-electron chi connectivity index (χ1n) is 10.4. The number of aromatic nitrogens is 2. The standard InChI is InChI=1S/C20H29N5O4/c1-20(19(28)21-14-6-4-3-5-7-14)13-25-16(18(27)23(20)2)12-15(22-25)17(26)24-8-10-29-11-9-24/h12,14H,3-11,13H2,1-2H3,(H,21,28)/t20-/m1/s1. The lowest BCUT2D eigenvalue weighted by molar-refractivity contribution is -0.133. The Kier molecular flexibility index (Phi) is 5.33. The average molecular weight is 403 g/mol. The van der Waals surface area contributed by atoms with Crippen molar-refractivity contribution in [2.45, 2.75) is 57.2 Å². The summed E-state index contributed by atoms with van der Waals surface area (Å²) in [6, 6.07) is 1.70. The van der Waals surface area contributed by atoms with Crippen LogP contribution in [0.5, 0.6) is 0 Å². The summed E-state index contributed by atoms with van der Waals surface area (Å²) in [5, 5.41) is 7.52. The third kappa shape index (κ3) is 3.63. The Hall–Kier alpha value is -2.42. The maximum Gasteiger partial charge on any atom is 0.274 e. The molecule has 29 heavy (non-hydrogen) atoms. The molecule has 2 fully saturated rings. The highest BCUT2D eigenvalue weighted by molar-refractivity contribution is 6.01. The van der Waals surface area contributed by atoms with Crippen molar-refractivity contribution in [3.8, 4) is 0 Å². The van der Waals surface area contributed by atoms with E-state index < -0.39 is 5.54 Å². The molecule has 3 amide bonds. The predicted molar refractivity (Wildman–Crippen MR) is 104 cm³/mol. The number of nitrogens with zero attached hydrogens (tertiary/aromatic N) is 4. The highest BCUT2D eigenvalue weighted by Crippen LogP contribution is 2.27. The van der Waals surface area contributed by atoms with E-state index in [4.69, 9.17) is 4.74 Å². The van der Waals surface area contributed by atoms with Crippen molar-refractivity contribution in [3.63, 3.8) is 0 Å². The van der Waals surface area contributed by atoms with Gasteiger partial charge in [0.2, 0.25) is 5.91 Å². The second-order valence-electron chi connectivity index (χ2n) is 8.42. The third-order valence-electron chi connectivity index (χ3n) is 6.45. The van der Waals surface area contributed by atoms with Crippen LogP contribution in [0.4, 0.5) is 0 Å². The van der Waals surface area contributed by atoms with Gasteiger partial charge >= 0.3 is 0 Å². The highest BCUT2D eigenvalue weighted by Gasteiger charge is 2.47. The summed E-state index contributed by atoms with van der Waals surface area (Å²) in [7, 11) is 1.64. The molecule has 1 saturated carbocycles. The highest BCUT2D eigenvalue weighted by atomic mass is 16.5. The maximum atomic E-state index is 13.1. The monoisotopic (exact) mass is 403 g/mol. The summed E-state index contributed by atoms with van der Waals surface area (Å²) in [4.78, 5) is 42.0. The SMILES string of the molecule is CN1C(=O)c2cc(C(=O)N3CCOCC3)nn2C[C@]1(C)C(=O)NC1CCCCC1. The Morgan fingerprint density at radius 3 is 2.59 bits per heavy atom. The summed E-state index contributed by atoms with van der Waals surface area (Å²) in [5.74, 6) is -0.674. The van der Waals surface area contributed by atoms with Crippen LogP contribution in [0.15, 0.2) is 6.07 Å². The van der Waals surface area contributed by atoms with Crippen LogP contribution in [-0.2, 0) is 16.1 Å².